The van der Waals surface area contributed by atoms with Gasteiger partial charge in [-0.3, -0.25) is 4.21 Å². The van der Waals surface area contributed by atoms with Crippen LogP contribution >= 0.6 is 0 Å². The molecule has 1 fully saturated rings. The zero-order chi connectivity index (χ0) is 15.5. The fourth-order valence-electron chi connectivity index (χ4n) is 1.98. The normalized spacial score (nSPS) is 18.0. The van der Waals surface area contributed by atoms with E-state index in [0.29, 0.717) is 42.9 Å². The van der Waals surface area contributed by atoms with Gasteiger partial charge in [-0.2, -0.15) is 4.31 Å². The molecule has 0 atom stereocenters. The molecule has 7 heteroatoms. The molecule has 0 radical (unpaired) electrons. The molecule has 2 rings (SSSR count). The maximum atomic E-state index is 12.5. The van der Waals surface area contributed by atoms with Gasteiger partial charge in [-0.15, -0.1) is 0 Å². The van der Waals surface area contributed by atoms with Crippen LogP contribution in [0, 0.1) is 5.92 Å². The molecule has 0 aromatic heterocycles. The maximum Gasteiger partial charge on any atom is 0.243 e. The third-order valence-corrected chi connectivity index (χ3v) is 6.37. The van der Waals surface area contributed by atoms with Crippen LogP contribution in [-0.4, -0.2) is 48.1 Å². The van der Waals surface area contributed by atoms with Crippen LogP contribution < -0.4 is 4.74 Å². The molecule has 118 valence electrons. The van der Waals surface area contributed by atoms with Crippen LogP contribution in [0.3, 0.4) is 0 Å². The van der Waals surface area contributed by atoms with E-state index in [1.807, 2.05) is 0 Å². The Morgan fingerprint density at radius 2 is 1.76 bits per heavy atom. The van der Waals surface area contributed by atoms with Gasteiger partial charge >= 0.3 is 0 Å². The molecule has 0 aliphatic carbocycles. The number of nitrogens with zero attached hydrogens (tertiary/aromatic N) is 1. The van der Waals surface area contributed by atoms with Gasteiger partial charge in [-0.05, 0) is 30.2 Å². The van der Waals surface area contributed by atoms with Crippen molar-refractivity contribution in [2.24, 2.45) is 5.92 Å². The third kappa shape index (κ3) is 4.28. The summed E-state index contributed by atoms with van der Waals surface area (Å²) in [5, 5.41) is 0. The number of ether oxygens (including phenoxy) is 1. The van der Waals surface area contributed by atoms with Crippen molar-refractivity contribution in [2.75, 3.05) is 31.2 Å². The van der Waals surface area contributed by atoms with E-state index in [0.717, 1.165) is 0 Å². The van der Waals surface area contributed by atoms with Crippen LogP contribution in [0.2, 0.25) is 0 Å². The Labute approximate surface area is 128 Å². The fourth-order valence-corrected chi connectivity index (χ4v) is 4.71. The van der Waals surface area contributed by atoms with E-state index >= 15 is 0 Å². The van der Waals surface area contributed by atoms with Gasteiger partial charge in [0.2, 0.25) is 10.0 Å². The minimum absolute atomic E-state index is 0.257. The Morgan fingerprint density at radius 3 is 2.29 bits per heavy atom. The Hall–Kier alpha value is -0.920. The standard InChI is InChI=1S/C14H21NO4S2/c1-12(2)11-19-13-3-5-14(6-4-13)21(17,18)15-7-9-20(16)10-8-15/h3-6,12H,7-11H2,1-2H3. The van der Waals surface area contributed by atoms with Crippen LogP contribution in [0.5, 0.6) is 5.75 Å². The molecular formula is C14H21NO4S2. The molecule has 0 spiro atoms. The summed E-state index contributed by atoms with van der Waals surface area (Å²) in [6.07, 6.45) is 0. The topological polar surface area (TPSA) is 63.7 Å². The summed E-state index contributed by atoms with van der Waals surface area (Å²) in [4.78, 5) is 0.257. The average molecular weight is 331 g/mol. The predicted octanol–water partition coefficient (Wildman–Crippen LogP) is 1.47. The van der Waals surface area contributed by atoms with Gasteiger partial charge in [-0.25, -0.2) is 8.42 Å². The quantitative estimate of drug-likeness (QED) is 0.820. The molecule has 1 aromatic rings. The van der Waals surface area contributed by atoms with Crippen LogP contribution in [-0.2, 0) is 20.8 Å². The molecule has 0 bridgehead atoms. The van der Waals surface area contributed by atoms with E-state index in [2.05, 4.69) is 13.8 Å². The van der Waals surface area contributed by atoms with Crippen molar-refractivity contribution < 1.29 is 17.4 Å². The Bertz CT molecular complexity index is 586. The molecule has 0 unspecified atom stereocenters. The second-order valence-electron chi connectivity index (χ2n) is 5.43. The van der Waals surface area contributed by atoms with Crippen molar-refractivity contribution in [3.8, 4) is 5.75 Å². The second kappa shape index (κ2) is 6.89. The highest BCUT2D eigenvalue weighted by Gasteiger charge is 2.27. The molecule has 21 heavy (non-hydrogen) atoms. The lowest BCUT2D eigenvalue weighted by Gasteiger charge is -2.25. The van der Waals surface area contributed by atoms with Crippen LogP contribution in [0.1, 0.15) is 13.8 Å². The first-order valence-electron chi connectivity index (χ1n) is 6.97. The average Bonchev–Trinajstić information content (AvgIpc) is 2.46. The highest BCUT2D eigenvalue weighted by atomic mass is 32.2. The number of hydrogen-bond donors (Lipinski definition) is 0. The summed E-state index contributed by atoms with van der Waals surface area (Å²) in [6, 6.07) is 6.49. The smallest absolute Gasteiger partial charge is 0.243 e. The highest BCUT2D eigenvalue weighted by Crippen LogP contribution is 2.21. The summed E-state index contributed by atoms with van der Waals surface area (Å²) in [7, 11) is -4.38. The van der Waals surface area contributed by atoms with Gasteiger partial charge in [0.1, 0.15) is 5.75 Å². The highest BCUT2D eigenvalue weighted by molar-refractivity contribution is 7.89. The number of rotatable bonds is 5. The van der Waals surface area contributed by atoms with Gasteiger partial charge < -0.3 is 4.74 Å². The van der Waals surface area contributed by atoms with Crippen LogP contribution in [0.25, 0.3) is 0 Å². The first kappa shape index (κ1) is 16.5. The summed E-state index contributed by atoms with van der Waals surface area (Å²) < 4.78 is 43.2. The molecule has 1 aliphatic rings. The molecule has 1 saturated heterocycles. The maximum absolute atomic E-state index is 12.5. The molecular weight excluding hydrogens is 310 g/mol. The molecule has 0 amide bonds. The van der Waals surface area contributed by atoms with E-state index in [1.165, 1.54) is 4.31 Å². The molecule has 5 nitrogen and oxygen atoms in total. The number of benzene rings is 1. The third-order valence-electron chi connectivity index (χ3n) is 3.18. The summed E-state index contributed by atoms with van der Waals surface area (Å²) >= 11 is 0. The van der Waals surface area contributed by atoms with E-state index in [1.54, 1.807) is 24.3 Å². The molecule has 1 heterocycles. The van der Waals surface area contributed by atoms with Crippen molar-refractivity contribution >= 4 is 20.8 Å². The van der Waals surface area contributed by atoms with Crippen molar-refractivity contribution in [1.29, 1.82) is 0 Å². The SMILES string of the molecule is CC(C)COc1ccc(S(=O)(=O)N2CCS(=O)CC2)cc1. The summed E-state index contributed by atoms with van der Waals surface area (Å²) in [5.41, 5.74) is 0. The zero-order valence-electron chi connectivity index (χ0n) is 12.3. The van der Waals surface area contributed by atoms with Gasteiger partial charge in [0.05, 0.1) is 11.5 Å². The summed E-state index contributed by atoms with van der Waals surface area (Å²) in [5.74, 6) is 1.91. The second-order valence-corrected chi connectivity index (χ2v) is 9.06. The van der Waals surface area contributed by atoms with Gasteiger partial charge in [0, 0.05) is 35.4 Å². The molecule has 1 aromatic carbocycles. The number of sulfonamides is 1. The minimum atomic E-state index is -3.49. The van der Waals surface area contributed by atoms with E-state index in [-0.39, 0.29) is 4.90 Å². The van der Waals surface area contributed by atoms with Crippen molar-refractivity contribution in [1.82, 2.24) is 4.31 Å². The molecule has 0 N–H and O–H groups in total. The zero-order valence-corrected chi connectivity index (χ0v) is 14.0. The van der Waals surface area contributed by atoms with Crippen LogP contribution in [0.15, 0.2) is 29.2 Å². The fraction of sp³-hybridized carbons (Fsp3) is 0.571. The minimum Gasteiger partial charge on any atom is -0.493 e. The van der Waals surface area contributed by atoms with Crippen molar-refractivity contribution in [3.63, 3.8) is 0 Å². The van der Waals surface area contributed by atoms with Gasteiger partial charge in [-0.1, -0.05) is 13.8 Å². The number of hydrogen-bond acceptors (Lipinski definition) is 4. The lowest BCUT2D eigenvalue weighted by molar-refractivity contribution is 0.271. The van der Waals surface area contributed by atoms with E-state index in [4.69, 9.17) is 4.74 Å². The first-order valence-corrected chi connectivity index (χ1v) is 9.90. The lowest BCUT2D eigenvalue weighted by Crippen LogP contribution is -2.41. The Kier molecular flexibility index (Phi) is 5.40. The van der Waals surface area contributed by atoms with E-state index < -0.39 is 20.8 Å². The predicted molar refractivity (Wildman–Crippen MR) is 83.4 cm³/mol. The Morgan fingerprint density at radius 1 is 1.19 bits per heavy atom. The molecule has 0 saturated carbocycles. The van der Waals surface area contributed by atoms with Crippen molar-refractivity contribution in [2.45, 2.75) is 18.7 Å². The Balaban J connectivity index is 2.08. The van der Waals surface area contributed by atoms with Gasteiger partial charge in [0.15, 0.2) is 0 Å². The van der Waals surface area contributed by atoms with Crippen molar-refractivity contribution in [3.05, 3.63) is 24.3 Å². The summed E-state index contributed by atoms with van der Waals surface area (Å²) in [6.45, 7) is 5.35. The van der Waals surface area contributed by atoms with E-state index in [9.17, 15) is 12.6 Å². The van der Waals surface area contributed by atoms with Gasteiger partial charge in [0.25, 0.3) is 0 Å². The first-order chi connectivity index (χ1) is 9.89. The van der Waals surface area contributed by atoms with Crippen LogP contribution in [0.4, 0.5) is 0 Å². The molecule has 1 aliphatic heterocycles. The monoisotopic (exact) mass is 331 g/mol. The largest absolute Gasteiger partial charge is 0.493 e. The lowest BCUT2D eigenvalue weighted by atomic mass is 10.2.